The van der Waals surface area contributed by atoms with Crippen LogP contribution in [0, 0.1) is 0 Å². The van der Waals surface area contributed by atoms with Crippen LogP contribution in [0.3, 0.4) is 0 Å². The molecule has 0 radical (unpaired) electrons. The van der Waals surface area contributed by atoms with Gasteiger partial charge in [0.1, 0.15) is 5.00 Å². The third-order valence-electron chi connectivity index (χ3n) is 4.23. The Hall–Kier alpha value is -2.55. The summed E-state index contributed by atoms with van der Waals surface area (Å²) in [6, 6.07) is 4.41. The van der Waals surface area contributed by atoms with E-state index in [9.17, 15) is 22.8 Å². The lowest BCUT2D eigenvalue weighted by Gasteiger charge is -2.10. The lowest BCUT2D eigenvalue weighted by molar-refractivity contribution is -0.137. The highest BCUT2D eigenvalue weighted by molar-refractivity contribution is 7.17. The van der Waals surface area contributed by atoms with E-state index < -0.39 is 23.6 Å². The second-order valence-corrected chi connectivity index (χ2v) is 7.14. The number of thiophene rings is 1. The van der Waals surface area contributed by atoms with E-state index >= 15 is 0 Å². The van der Waals surface area contributed by atoms with Crippen LogP contribution < -0.4 is 10.6 Å². The summed E-state index contributed by atoms with van der Waals surface area (Å²) in [5, 5.41) is 5.91. The van der Waals surface area contributed by atoms with E-state index in [4.69, 9.17) is 4.74 Å². The van der Waals surface area contributed by atoms with Gasteiger partial charge in [-0.15, -0.1) is 11.3 Å². The molecule has 0 fully saturated rings. The SMILES string of the molecule is COC(=O)c1c(NC(=O)CNc2ccc(C(F)(F)F)cc2)sc2c1CCC2. The highest BCUT2D eigenvalue weighted by Crippen LogP contribution is 2.39. The maximum atomic E-state index is 12.6. The van der Waals surface area contributed by atoms with Gasteiger partial charge in [-0.3, -0.25) is 4.79 Å². The molecule has 0 bridgehead atoms. The zero-order chi connectivity index (χ0) is 19.6. The Balaban J connectivity index is 1.64. The first-order valence-electron chi connectivity index (χ1n) is 8.23. The highest BCUT2D eigenvalue weighted by atomic mass is 32.1. The van der Waals surface area contributed by atoms with Gasteiger partial charge in [0.2, 0.25) is 5.91 Å². The van der Waals surface area contributed by atoms with Crippen molar-refractivity contribution in [1.82, 2.24) is 0 Å². The lowest BCUT2D eigenvalue weighted by atomic mass is 10.1. The molecule has 5 nitrogen and oxygen atoms in total. The largest absolute Gasteiger partial charge is 0.465 e. The van der Waals surface area contributed by atoms with Crippen molar-refractivity contribution >= 4 is 33.9 Å². The zero-order valence-corrected chi connectivity index (χ0v) is 15.2. The van der Waals surface area contributed by atoms with Gasteiger partial charge in [0.15, 0.2) is 0 Å². The summed E-state index contributed by atoms with van der Waals surface area (Å²) in [5.74, 6) is -0.889. The van der Waals surface area contributed by atoms with Crippen molar-refractivity contribution in [3.05, 3.63) is 45.8 Å². The van der Waals surface area contributed by atoms with Crippen molar-refractivity contribution in [2.24, 2.45) is 0 Å². The van der Waals surface area contributed by atoms with Gasteiger partial charge < -0.3 is 15.4 Å². The summed E-state index contributed by atoms with van der Waals surface area (Å²) in [7, 11) is 1.29. The maximum absolute atomic E-state index is 12.6. The minimum atomic E-state index is -4.40. The monoisotopic (exact) mass is 398 g/mol. The van der Waals surface area contributed by atoms with Gasteiger partial charge >= 0.3 is 12.1 Å². The van der Waals surface area contributed by atoms with Crippen LogP contribution in [0.5, 0.6) is 0 Å². The number of alkyl halides is 3. The number of ether oxygens (including phenoxy) is 1. The molecule has 2 aromatic rings. The van der Waals surface area contributed by atoms with Crippen molar-refractivity contribution in [3.63, 3.8) is 0 Å². The first kappa shape index (κ1) is 19.2. The Morgan fingerprint density at radius 1 is 1.19 bits per heavy atom. The standard InChI is InChI=1S/C18H17F3N2O3S/c1-26-17(25)15-12-3-2-4-13(12)27-16(15)23-14(24)9-22-11-7-5-10(6-8-11)18(19,20)21/h5-8,22H,2-4,9H2,1H3,(H,23,24). The van der Waals surface area contributed by atoms with Crippen molar-refractivity contribution in [2.75, 3.05) is 24.3 Å². The highest BCUT2D eigenvalue weighted by Gasteiger charge is 2.30. The fourth-order valence-electron chi connectivity index (χ4n) is 2.94. The lowest BCUT2D eigenvalue weighted by Crippen LogP contribution is -2.22. The summed E-state index contributed by atoms with van der Waals surface area (Å²) in [6.45, 7) is -0.144. The second-order valence-electron chi connectivity index (χ2n) is 6.03. The third kappa shape index (κ3) is 4.24. The summed E-state index contributed by atoms with van der Waals surface area (Å²) in [5.41, 5.74) is 0.962. The number of benzene rings is 1. The molecule has 1 amide bonds. The Morgan fingerprint density at radius 3 is 2.52 bits per heavy atom. The minimum absolute atomic E-state index is 0.144. The van der Waals surface area contributed by atoms with Crippen molar-refractivity contribution in [1.29, 1.82) is 0 Å². The van der Waals surface area contributed by atoms with E-state index in [1.54, 1.807) is 0 Å². The van der Waals surface area contributed by atoms with E-state index in [1.807, 2.05) is 0 Å². The molecular weight excluding hydrogens is 381 g/mol. The van der Waals surface area contributed by atoms with Gasteiger partial charge in [0, 0.05) is 10.6 Å². The molecule has 0 unspecified atom stereocenters. The van der Waals surface area contributed by atoms with E-state index in [2.05, 4.69) is 10.6 Å². The van der Waals surface area contributed by atoms with Crippen LogP contribution in [-0.2, 0) is 28.5 Å². The van der Waals surface area contributed by atoms with Gasteiger partial charge in [0.05, 0.1) is 24.8 Å². The zero-order valence-electron chi connectivity index (χ0n) is 14.4. The van der Waals surface area contributed by atoms with Crippen LogP contribution in [-0.4, -0.2) is 25.5 Å². The molecule has 0 saturated heterocycles. The number of anilines is 2. The van der Waals surface area contributed by atoms with Crippen LogP contribution in [0.2, 0.25) is 0 Å². The van der Waals surface area contributed by atoms with Crippen molar-refractivity contribution in [2.45, 2.75) is 25.4 Å². The van der Waals surface area contributed by atoms with Crippen molar-refractivity contribution in [3.8, 4) is 0 Å². The average Bonchev–Trinajstić information content (AvgIpc) is 3.19. The summed E-state index contributed by atoms with van der Waals surface area (Å²) in [4.78, 5) is 25.3. The molecule has 1 aliphatic rings. The summed E-state index contributed by atoms with van der Waals surface area (Å²) >= 11 is 1.36. The quantitative estimate of drug-likeness (QED) is 0.745. The molecule has 9 heteroatoms. The van der Waals surface area contributed by atoms with E-state index in [0.29, 0.717) is 16.3 Å². The fraction of sp³-hybridized carbons (Fsp3) is 0.333. The van der Waals surface area contributed by atoms with Gasteiger partial charge in [-0.2, -0.15) is 13.2 Å². The average molecular weight is 398 g/mol. The normalized spacial score (nSPS) is 13.2. The predicted molar refractivity (Wildman–Crippen MR) is 96.2 cm³/mol. The van der Waals surface area contributed by atoms with Gasteiger partial charge in [-0.1, -0.05) is 0 Å². The maximum Gasteiger partial charge on any atom is 0.416 e. The number of fused-ring (bicyclic) bond motifs is 1. The Bertz CT molecular complexity index is 860. The topological polar surface area (TPSA) is 67.4 Å². The molecule has 0 spiro atoms. The first-order chi connectivity index (χ1) is 12.8. The number of halogens is 3. The van der Waals surface area contributed by atoms with Gasteiger partial charge in [-0.25, -0.2) is 4.79 Å². The number of aryl methyl sites for hydroxylation is 1. The van der Waals surface area contributed by atoms with Crippen LogP contribution in [0.1, 0.15) is 32.8 Å². The molecule has 0 saturated carbocycles. The molecule has 27 heavy (non-hydrogen) atoms. The van der Waals surface area contributed by atoms with E-state index in [1.165, 1.54) is 30.6 Å². The van der Waals surface area contributed by atoms with Gasteiger partial charge in [0.25, 0.3) is 0 Å². The van der Waals surface area contributed by atoms with Gasteiger partial charge in [-0.05, 0) is 49.1 Å². The van der Waals surface area contributed by atoms with Crippen LogP contribution in [0.15, 0.2) is 24.3 Å². The third-order valence-corrected chi connectivity index (χ3v) is 5.44. The number of carbonyl (C=O) groups excluding carboxylic acids is 2. The first-order valence-corrected chi connectivity index (χ1v) is 9.05. The molecule has 0 aliphatic heterocycles. The molecule has 1 aromatic heterocycles. The number of amides is 1. The van der Waals surface area contributed by atoms with Crippen LogP contribution in [0.25, 0.3) is 0 Å². The minimum Gasteiger partial charge on any atom is -0.465 e. The number of carbonyl (C=O) groups is 2. The smallest absolute Gasteiger partial charge is 0.416 e. The Morgan fingerprint density at radius 2 is 1.89 bits per heavy atom. The van der Waals surface area contributed by atoms with E-state index in [0.717, 1.165) is 41.8 Å². The fourth-order valence-corrected chi connectivity index (χ4v) is 4.23. The molecular formula is C18H17F3N2O3S. The molecule has 1 heterocycles. The van der Waals surface area contributed by atoms with E-state index in [-0.39, 0.29) is 6.54 Å². The van der Waals surface area contributed by atoms with Crippen molar-refractivity contribution < 1.29 is 27.5 Å². The summed E-state index contributed by atoms with van der Waals surface area (Å²) in [6.07, 6.45) is -1.80. The number of rotatable bonds is 5. The van der Waals surface area contributed by atoms with Crippen LogP contribution in [0.4, 0.5) is 23.9 Å². The molecule has 0 atom stereocenters. The van der Waals surface area contributed by atoms with Crippen LogP contribution >= 0.6 is 11.3 Å². The number of esters is 1. The molecule has 1 aromatic carbocycles. The molecule has 2 N–H and O–H groups in total. The second kappa shape index (κ2) is 7.59. The molecule has 144 valence electrons. The number of methoxy groups -OCH3 is 1. The molecule has 1 aliphatic carbocycles. The predicted octanol–water partition coefficient (Wildman–Crippen LogP) is 4.09. The molecule has 3 rings (SSSR count). The number of hydrogen-bond acceptors (Lipinski definition) is 5. The Labute approximate surface area is 157 Å². The number of nitrogens with one attached hydrogen (secondary N) is 2. The Kier molecular flexibility index (Phi) is 5.41. The summed E-state index contributed by atoms with van der Waals surface area (Å²) < 4.78 is 42.5. The number of hydrogen-bond donors (Lipinski definition) is 2.